The first-order valence-electron chi connectivity index (χ1n) is 14.3. The molecule has 6 heterocycles. The van der Waals surface area contributed by atoms with Crippen molar-refractivity contribution in [2.75, 3.05) is 32.6 Å². The van der Waals surface area contributed by atoms with Crippen LogP contribution in [0.25, 0.3) is 11.2 Å². The number of nitrogens with one attached hydrogen (secondary N) is 2. The molecule has 4 aromatic rings. The van der Waals surface area contributed by atoms with Crippen molar-refractivity contribution in [1.82, 2.24) is 34.2 Å². The van der Waals surface area contributed by atoms with Crippen LogP contribution in [0.5, 0.6) is 0 Å². The largest absolute Gasteiger partial charge is 0.405 e. The van der Waals surface area contributed by atoms with E-state index >= 15 is 0 Å². The number of hydrogen-bond donors (Lipinski definition) is 5. The Labute approximate surface area is 264 Å². The van der Waals surface area contributed by atoms with Crippen LogP contribution in [0.3, 0.4) is 0 Å². The Bertz CT molecular complexity index is 1800. The summed E-state index contributed by atoms with van der Waals surface area (Å²) < 4.78 is 46.2. The van der Waals surface area contributed by atoms with Gasteiger partial charge in [0.2, 0.25) is 0 Å². The number of methoxy groups -OCH3 is 1. The second-order valence-electron chi connectivity index (χ2n) is 10.6. The van der Waals surface area contributed by atoms with E-state index in [2.05, 4.69) is 25.0 Å². The van der Waals surface area contributed by atoms with Crippen LogP contribution < -0.4 is 22.1 Å². The molecule has 2 fully saturated rings. The van der Waals surface area contributed by atoms with Crippen molar-refractivity contribution in [3.8, 4) is 0 Å². The average Bonchev–Trinajstić information content (AvgIpc) is 3.83. The number of imidazole rings is 1. The van der Waals surface area contributed by atoms with Gasteiger partial charge in [0.25, 0.3) is 5.56 Å². The van der Waals surface area contributed by atoms with E-state index in [4.69, 9.17) is 29.0 Å². The highest BCUT2D eigenvalue weighted by atomic mass is 32.1. The van der Waals surface area contributed by atoms with Gasteiger partial charge in [0.1, 0.15) is 48.6 Å². The van der Waals surface area contributed by atoms with Crippen LogP contribution in [0.4, 0.5) is 5.82 Å². The first kappa shape index (κ1) is 32.6. The Kier molecular flexibility index (Phi) is 9.76. The number of aliphatic hydroxyl groups excluding tert-OH is 2. The van der Waals surface area contributed by atoms with Gasteiger partial charge >= 0.3 is 13.4 Å². The average molecular weight is 681 g/mol. The summed E-state index contributed by atoms with van der Waals surface area (Å²) in [7, 11) is -2.83. The lowest BCUT2D eigenvalue weighted by atomic mass is 10.1. The van der Waals surface area contributed by atoms with Crippen LogP contribution in [-0.2, 0) is 34.2 Å². The van der Waals surface area contributed by atoms with E-state index in [0.29, 0.717) is 17.6 Å². The lowest BCUT2D eigenvalue weighted by molar-refractivity contribution is -0.0634. The number of rotatable bonds is 13. The van der Waals surface area contributed by atoms with E-state index in [1.54, 1.807) is 4.57 Å². The van der Waals surface area contributed by atoms with Crippen LogP contribution >= 0.6 is 19.1 Å². The molecule has 46 heavy (non-hydrogen) atoms. The van der Waals surface area contributed by atoms with E-state index in [0.717, 1.165) is 15.5 Å². The van der Waals surface area contributed by atoms with Crippen LogP contribution in [0, 0.1) is 0 Å². The Morgan fingerprint density at radius 1 is 1.22 bits per heavy atom. The highest BCUT2D eigenvalue weighted by Gasteiger charge is 2.47. The molecule has 0 saturated carbocycles. The number of aromatic amines is 1. The summed E-state index contributed by atoms with van der Waals surface area (Å²) in [5, 5.41) is 25.9. The molecular formula is C26H33N8O10PS. The molecule has 2 aliphatic heterocycles. The predicted octanol–water partition coefficient (Wildman–Crippen LogP) is -0.0845. The molecule has 248 valence electrons. The van der Waals surface area contributed by atoms with Crippen LogP contribution in [0.1, 0.15) is 23.8 Å². The van der Waals surface area contributed by atoms with Gasteiger partial charge in [0.15, 0.2) is 17.7 Å². The summed E-state index contributed by atoms with van der Waals surface area (Å²) in [6.07, 6.45) is -2.35. The Balaban J connectivity index is 1.19. The van der Waals surface area contributed by atoms with Gasteiger partial charge in [-0.3, -0.25) is 28.0 Å². The minimum absolute atomic E-state index is 0.145. The molecule has 0 bridgehead atoms. The number of H-pyrrole nitrogens is 1. The van der Waals surface area contributed by atoms with E-state index in [-0.39, 0.29) is 18.8 Å². The maximum absolute atomic E-state index is 14.3. The van der Waals surface area contributed by atoms with Crippen molar-refractivity contribution in [2.45, 2.75) is 55.8 Å². The van der Waals surface area contributed by atoms with E-state index in [9.17, 15) is 24.4 Å². The number of fused-ring (bicyclic) bond motifs is 1. The predicted molar refractivity (Wildman–Crippen MR) is 162 cm³/mol. The van der Waals surface area contributed by atoms with Crippen LogP contribution in [0.2, 0.25) is 0 Å². The van der Waals surface area contributed by atoms with Gasteiger partial charge in [-0.05, 0) is 17.9 Å². The Morgan fingerprint density at radius 3 is 2.80 bits per heavy atom. The second-order valence-corrected chi connectivity index (χ2v) is 13.4. The normalized spacial score (nSPS) is 27.8. The fraction of sp³-hybridized carbons (Fsp3) is 0.500. The topological polar surface area (TPSA) is 240 Å². The van der Waals surface area contributed by atoms with Crippen LogP contribution in [-0.4, -0.2) is 96.7 Å². The lowest BCUT2D eigenvalue weighted by Crippen LogP contribution is -2.39. The minimum Gasteiger partial charge on any atom is -0.394 e. The number of aliphatic hydroxyl groups is 2. The van der Waals surface area contributed by atoms with Gasteiger partial charge in [-0.25, -0.2) is 29.4 Å². The van der Waals surface area contributed by atoms with Crippen molar-refractivity contribution in [3.05, 3.63) is 68.1 Å². The first-order valence-corrected chi connectivity index (χ1v) is 16.7. The van der Waals surface area contributed by atoms with Gasteiger partial charge < -0.3 is 30.2 Å². The van der Waals surface area contributed by atoms with Crippen molar-refractivity contribution in [2.24, 2.45) is 0 Å². The van der Waals surface area contributed by atoms with Gasteiger partial charge in [0, 0.05) is 37.2 Å². The highest BCUT2D eigenvalue weighted by Crippen LogP contribution is 2.49. The van der Waals surface area contributed by atoms with Gasteiger partial charge in [-0.2, -0.15) is 0 Å². The number of nitrogen functional groups attached to an aromatic ring is 1. The lowest BCUT2D eigenvalue weighted by Gasteiger charge is -2.26. The molecule has 6 N–H and O–H groups in total. The molecule has 8 atom stereocenters. The van der Waals surface area contributed by atoms with E-state index < -0.39 is 75.2 Å². The van der Waals surface area contributed by atoms with Crippen molar-refractivity contribution in [3.63, 3.8) is 0 Å². The van der Waals surface area contributed by atoms with Crippen molar-refractivity contribution < 1.29 is 38.0 Å². The fourth-order valence-electron chi connectivity index (χ4n) is 5.42. The Hall–Kier alpha value is -3.36. The molecular weight excluding hydrogens is 647 g/mol. The maximum atomic E-state index is 14.3. The Morgan fingerprint density at radius 2 is 2.07 bits per heavy atom. The third kappa shape index (κ3) is 6.70. The molecule has 2 aliphatic rings. The molecule has 4 aromatic heterocycles. The SMILES string of the molecule is COC1[C@@H](O)[C@@H](COP(=O)(NCCc2cccs2)O[C@@H]2C[C@H](n3cnc4c(N)ncnc43)O[C@@H]2CO)O[C@H]1n1ccc(=O)[nH]c1=O. The summed E-state index contributed by atoms with van der Waals surface area (Å²) in [5.74, 6) is 0.195. The summed E-state index contributed by atoms with van der Waals surface area (Å²) in [6.45, 7) is -0.664. The maximum Gasteiger partial charge on any atom is 0.405 e. The third-order valence-corrected chi connectivity index (χ3v) is 10.3. The van der Waals surface area contributed by atoms with Gasteiger partial charge in [-0.1, -0.05) is 6.07 Å². The monoisotopic (exact) mass is 680 g/mol. The summed E-state index contributed by atoms with van der Waals surface area (Å²) in [5.41, 5.74) is 5.36. The van der Waals surface area contributed by atoms with Gasteiger partial charge in [-0.15, -0.1) is 11.3 Å². The molecule has 20 heteroatoms. The van der Waals surface area contributed by atoms with Gasteiger partial charge in [0.05, 0.1) is 19.5 Å². The molecule has 18 nitrogen and oxygen atoms in total. The second kappa shape index (κ2) is 13.8. The van der Waals surface area contributed by atoms with E-state index in [1.165, 1.54) is 37.3 Å². The molecule has 2 saturated heterocycles. The minimum atomic E-state index is -4.17. The zero-order chi connectivity index (χ0) is 32.4. The number of nitrogens with two attached hydrogens (primary N) is 1. The van der Waals surface area contributed by atoms with E-state index in [1.807, 2.05) is 17.5 Å². The number of anilines is 1. The molecule has 0 spiro atoms. The molecule has 6 rings (SSSR count). The fourth-order valence-corrected chi connectivity index (χ4v) is 7.67. The molecule has 0 amide bonds. The number of aromatic nitrogens is 6. The number of ether oxygens (including phenoxy) is 3. The van der Waals surface area contributed by atoms with Crippen LogP contribution in [0.15, 0.2) is 52.0 Å². The summed E-state index contributed by atoms with van der Waals surface area (Å²) in [4.78, 5) is 39.6. The summed E-state index contributed by atoms with van der Waals surface area (Å²) >= 11 is 1.54. The smallest absolute Gasteiger partial charge is 0.394 e. The molecule has 0 aromatic carbocycles. The molecule has 2 unspecified atom stereocenters. The quantitative estimate of drug-likeness (QED) is 0.116. The molecule has 0 aliphatic carbocycles. The first-order chi connectivity index (χ1) is 22.2. The zero-order valence-corrected chi connectivity index (χ0v) is 26.2. The van der Waals surface area contributed by atoms with Crippen molar-refractivity contribution in [1.29, 1.82) is 0 Å². The standard InChI is InChI=1S/C26H33N8O10PS/c1-40-22-21(37)17(43-25(22)33-7-5-18(36)32-26(33)38)11-41-45(39,31-6-4-14-3-2-8-46-14)44-15-9-19(42-16(15)10-35)34-13-30-20-23(27)28-12-29-24(20)34/h2-3,5,7-8,12-13,15-17,19,21-22,25,35,37H,4,6,9-11H2,1H3,(H,31,39)(H2,27,28,29)(H,32,36,38)/t15-,16-,17-,19-,21+,22?,25-,45?/m1/s1. The van der Waals surface area contributed by atoms with Crippen molar-refractivity contribution >= 4 is 36.1 Å². The zero-order valence-electron chi connectivity index (χ0n) is 24.4. The highest BCUT2D eigenvalue weighted by molar-refractivity contribution is 7.51. The molecule has 0 radical (unpaired) electrons. The number of thiophene rings is 1. The summed E-state index contributed by atoms with van der Waals surface area (Å²) in [6, 6.07) is 4.98. The number of nitrogens with zero attached hydrogens (tertiary/aromatic N) is 5. The number of hydrogen-bond acceptors (Lipinski definition) is 15. The third-order valence-electron chi connectivity index (χ3n) is 7.71.